The molecule has 0 bridgehead atoms. The molecule has 0 spiro atoms. The standard InChI is InChI=1S/C25H31N3O5S/c1-18(29)28-14-11-21-16-23(7-8-24(21)28)34(31,32)27-12-9-19(10-13-27)15-25(30)26-17-20-3-5-22(33-2)6-4-20/h3-8,16,19H,9-15,17H2,1-2H3,(H,26,30). The lowest BCUT2D eigenvalue weighted by atomic mass is 9.94. The number of hydrogen-bond acceptors (Lipinski definition) is 5. The van der Waals surface area contributed by atoms with E-state index in [0.717, 1.165) is 22.6 Å². The van der Waals surface area contributed by atoms with E-state index in [9.17, 15) is 18.0 Å². The van der Waals surface area contributed by atoms with E-state index >= 15 is 0 Å². The van der Waals surface area contributed by atoms with Crippen molar-refractivity contribution >= 4 is 27.5 Å². The van der Waals surface area contributed by atoms with Gasteiger partial charge in [-0.2, -0.15) is 4.31 Å². The van der Waals surface area contributed by atoms with Gasteiger partial charge >= 0.3 is 0 Å². The van der Waals surface area contributed by atoms with Gasteiger partial charge in [0.25, 0.3) is 0 Å². The number of carbonyl (C=O) groups excluding carboxylic acids is 2. The summed E-state index contributed by atoms with van der Waals surface area (Å²) in [6.07, 6.45) is 2.35. The minimum absolute atomic E-state index is 0.0224. The minimum atomic E-state index is -3.61. The van der Waals surface area contributed by atoms with Gasteiger partial charge in [0.2, 0.25) is 21.8 Å². The number of piperidine rings is 1. The first kappa shape index (κ1) is 24.2. The van der Waals surface area contributed by atoms with E-state index in [1.165, 1.54) is 11.2 Å². The molecule has 0 unspecified atom stereocenters. The number of nitrogens with zero attached hydrogens (tertiary/aromatic N) is 2. The van der Waals surface area contributed by atoms with Crippen molar-refractivity contribution in [2.24, 2.45) is 5.92 Å². The molecule has 1 N–H and O–H groups in total. The molecule has 0 aliphatic carbocycles. The van der Waals surface area contributed by atoms with Crippen LogP contribution in [0.15, 0.2) is 47.4 Å². The average molecular weight is 486 g/mol. The Balaban J connectivity index is 1.29. The van der Waals surface area contributed by atoms with Gasteiger partial charge in [0.15, 0.2) is 0 Å². The third kappa shape index (κ3) is 5.26. The number of rotatable bonds is 7. The second-order valence-corrected chi connectivity index (χ2v) is 10.8. The lowest BCUT2D eigenvalue weighted by Crippen LogP contribution is -2.39. The summed E-state index contributed by atoms with van der Waals surface area (Å²) >= 11 is 0. The lowest BCUT2D eigenvalue weighted by molar-refractivity contribution is -0.122. The van der Waals surface area contributed by atoms with Crippen LogP contribution in [-0.4, -0.2) is 51.3 Å². The van der Waals surface area contributed by atoms with E-state index in [-0.39, 0.29) is 22.6 Å². The molecule has 1 saturated heterocycles. The van der Waals surface area contributed by atoms with E-state index in [2.05, 4.69) is 5.32 Å². The number of sulfonamides is 1. The third-order valence-electron chi connectivity index (χ3n) is 6.66. The van der Waals surface area contributed by atoms with Crippen LogP contribution in [0.4, 0.5) is 5.69 Å². The molecule has 0 atom stereocenters. The highest BCUT2D eigenvalue weighted by molar-refractivity contribution is 7.89. The van der Waals surface area contributed by atoms with E-state index < -0.39 is 10.0 Å². The van der Waals surface area contributed by atoms with Crippen LogP contribution >= 0.6 is 0 Å². The summed E-state index contributed by atoms with van der Waals surface area (Å²) in [6, 6.07) is 12.6. The smallest absolute Gasteiger partial charge is 0.243 e. The first-order valence-corrected chi connectivity index (χ1v) is 13.0. The fourth-order valence-corrected chi connectivity index (χ4v) is 6.17. The van der Waals surface area contributed by atoms with Gasteiger partial charge in [0.05, 0.1) is 12.0 Å². The number of nitrogens with one attached hydrogen (secondary N) is 1. The molecule has 2 heterocycles. The maximum absolute atomic E-state index is 13.2. The highest BCUT2D eigenvalue weighted by Crippen LogP contribution is 2.32. The van der Waals surface area contributed by atoms with Crippen LogP contribution in [0.3, 0.4) is 0 Å². The molecule has 2 aliphatic rings. The SMILES string of the molecule is COc1ccc(CNC(=O)CC2CCN(S(=O)(=O)c3ccc4c(c3)CCN4C(C)=O)CC2)cc1. The zero-order valence-electron chi connectivity index (χ0n) is 19.6. The van der Waals surface area contributed by atoms with Gasteiger partial charge in [-0.1, -0.05) is 12.1 Å². The quantitative estimate of drug-likeness (QED) is 0.651. The monoisotopic (exact) mass is 485 g/mol. The summed E-state index contributed by atoms with van der Waals surface area (Å²) in [4.78, 5) is 26.1. The van der Waals surface area contributed by atoms with Crippen molar-refractivity contribution in [3.05, 3.63) is 53.6 Å². The highest BCUT2D eigenvalue weighted by atomic mass is 32.2. The first-order valence-electron chi connectivity index (χ1n) is 11.6. The fourth-order valence-electron chi connectivity index (χ4n) is 4.65. The summed E-state index contributed by atoms with van der Waals surface area (Å²) in [7, 11) is -1.99. The van der Waals surface area contributed by atoms with Crippen LogP contribution in [-0.2, 0) is 32.6 Å². The van der Waals surface area contributed by atoms with Crippen molar-refractivity contribution in [3.63, 3.8) is 0 Å². The van der Waals surface area contributed by atoms with E-state index in [1.807, 2.05) is 24.3 Å². The molecule has 2 aromatic rings. The second-order valence-electron chi connectivity index (χ2n) is 8.89. The van der Waals surface area contributed by atoms with Gasteiger partial charge in [-0.3, -0.25) is 9.59 Å². The number of amides is 2. The molecule has 8 nitrogen and oxygen atoms in total. The number of ether oxygens (including phenoxy) is 1. The molecule has 1 fully saturated rings. The molecule has 2 amide bonds. The van der Waals surface area contributed by atoms with Crippen LogP contribution in [0.1, 0.15) is 37.3 Å². The Morgan fingerprint density at radius 1 is 1.06 bits per heavy atom. The Kier molecular flexibility index (Phi) is 7.23. The zero-order valence-corrected chi connectivity index (χ0v) is 20.4. The Hall–Kier alpha value is -2.91. The van der Waals surface area contributed by atoms with Gasteiger partial charge in [-0.15, -0.1) is 0 Å². The molecule has 0 aromatic heterocycles. The molecule has 34 heavy (non-hydrogen) atoms. The first-order chi connectivity index (χ1) is 16.3. The lowest BCUT2D eigenvalue weighted by Gasteiger charge is -2.31. The third-order valence-corrected chi connectivity index (χ3v) is 8.56. The summed E-state index contributed by atoms with van der Waals surface area (Å²) in [5, 5.41) is 2.95. The Labute approximate surface area is 200 Å². The van der Waals surface area contributed by atoms with Crippen LogP contribution in [0.5, 0.6) is 5.75 Å². The number of fused-ring (bicyclic) bond motifs is 1. The van der Waals surface area contributed by atoms with Gasteiger partial charge in [-0.05, 0) is 66.6 Å². The van der Waals surface area contributed by atoms with E-state index in [4.69, 9.17) is 4.74 Å². The number of benzene rings is 2. The number of hydrogen-bond donors (Lipinski definition) is 1. The van der Waals surface area contributed by atoms with Crippen molar-refractivity contribution in [1.29, 1.82) is 0 Å². The molecule has 2 aliphatic heterocycles. The van der Waals surface area contributed by atoms with Crippen LogP contribution in [0, 0.1) is 5.92 Å². The average Bonchev–Trinajstić information content (AvgIpc) is 3.27. The fraction of sp³-hybridized carbons (Fsp3) is 0.440. The molecule has 2 aromatic carbocycles. The van der Waals surface area contributed by atoms with Crippen LogP contribution < -0.4 is 15.0 Å². The molecule has 0 radical (unpaired) electrons. The Bertz CT molecular complexity index is 1160. The normalized spacial score (nSPS) is 16.8. The maximum Gasteiger partial charge on any atom is 0.243 e. The van der Waals surface area contributed by atoms with Crippen molar-refractivity contribution in [3.8, 4) is 5.75 Å². The number of carbonyl (C=O) groups is 2. The van der Waals surface area contributed by atoms with Gasteiger partial charge in [-0.25, -0.2) is 8.42 Å². The summed E-state index contributed by atoms with van der Waals surface area (Å²) in [5.74, 6) is 0.872. The van der Waals surface area contributed by atoms with Gasteiger partial charge in [0, 0.05) is 45.2 Å². The second kappa shape index (κ2) is 10.1. The van der Waals surface area contributed by atoms with E-state index in [1.54, 1.807) is 30.2 Å². The Morgan fingerprint density at radius 2 is 1.76 bits per heavy atom. The number of methoxy groups -OCH3 is 1. The van der Waals surface area contributed by atoms with Gasteiger partial charge in [0.1, 0.15) is 5.75 Å². The van der Waals surface area contributed by atoms with Crippen molar-refractivity contribution in [2.75, 3.05) is 31.6 Å². The summed E-state index contributed by atoms with van der Waals surface area (Å²) in [5.41, 5.74) is 2.68. The van der Waals surface area contributed by atoms with Gasteiger partial charge < -0.3 is 15.0 Å². The van der Waals surface area contributed by atoms with Crippen LogP contribution in [0.2, 0.25) is 0 Å². The van der Waals surface area contributed by atoms with Crippen molar-refractivity contribution in [1.82, 2.24) is 9.62 Å². The van der Waals surface area contributed by atoms with Crippen molar-refractivity contribution in [2.45, 2.75) is 44.0 Å². The zero-order chi connectivity index (χ0) is 24.3. The summed E-state index contributed by atoms with van der Waals surface area (Å²) in [6.45, 7) is 3.35. The largest absolute Gasteiger partial charge is 0.497 e. The molecule has 0 saturated carbocycles. The predicted molar refractivity (Wildman–Crippen MR) is 129 cm³/mol. The molecule has 9 heteroatoms. The minimum Gasteiger partial charge on any atom is -0.497 e. The van der Waals surface area contributed by atoms with E-state index in [0.29, 0.717) is 51.9 Å². The molecular formula is C25H31N3O5S. The molecule has 4 rings (SSSR count). The molecule has 182 valence electrons. The van der Waals surface area contributed by atoms with Crippen LogP contribution in [0.25, 0.3) is 0 Å². The molecular weight excluding hydrogens is 454 g/mol. The number of anilines is 1. The highest BCUT2D eigenvalue weighted by Gasteiger charge is 2.32. The maximum atomic E-state index is 13.2. The predicted octanol–water partition coefficient (Wildman–Crippen LogP) is 2.71. The van der Waals surface area contributed by atoms with Crippen molar-refractivity contribution < 1.29 is 22.7 Å². The Morgan fingerprint density at radius 3 is 2.41 bits per heavy atom. The summed E-state index contributed by atoms with van der Waals surface area (Å²) < 4.78 is 33.0. The topological polar surface area (TPSA) is 96.0 Å².